The quantitative estimate of drug-likeness (QED) is 0.712. The van der Waals surface area contributed by atoms with Crippen molar-refractivity contribution in [3.05, 3.63) is 42.7 Å². The highest BCUT2D eigenvalue weighted by molar-refractivity contribution is 5.46. The van der Waals surface area contributed by atoms with Crippen molar-refractivity contribution in [3.8, 4) is 5.69 Å². The van der Waals surface area contributed by atoms with Crippen LogP contribution in [0.4, 0.5) is 10.2 Å². The largest absolute Gasteiger partial charge is 0.241 e. The number of aromatic nitrogens is 2. The molecule has 0 radical (unpaired) electrons. The SMILES string of the molecule is FNc1ccc(-n2cccn2)cc1. The first kappa shape index (κ1) is 7.79. The van der Waals surface area contributed by atoms with Crippen LogP contribution in [0.5, 0.6) is 0 Å². The Morgan fingerprint density at radius 3 is 2.54 bits per heavy atom. The average molecular weight is 177 g/mol. The van der Waals surface area contributed by atoms with Gasteiger partial charge in [-0.3, -0.25) is 0 Å². The van der Waals surface area contributed by atoms with Crippen LogP contribution in [0.2, 0.25) is 0 Å². The fourth-order valence-electron chi connectivity index (χ4n) is 1.10. The number of halogens is 1. The van der Waals surface area contributed by atoms with Gasteiger partial charge in [0.1, 0.15) is 0 Å². The Morgan fingerprint density at radius 2 is 2.00 bits per heavy atom. The third kappa shape index (κ3) is 1.51. The van der Waals surface area contributed by atoms with E-state index in [0.29, 0.717) is 5.69 Å². The summed E-state index contributed by atoms with van der Waals surface area (Å²) in [4.78, 5) is 0. The Bertz CT molecular complexity index is 366. The maximum Gasteiger partial charge on any atom is 0.0657 e. The maximum atomic E-state index is 11.9. The van der Waals surface area contributed by atoms with Crippen molar-refractivity contribution >= 4 is 5.69 Å². The monoisotopic (exact) mass is 177 g/mol. The van der Waals surface area contributed by atoms with E-state index in [4.69, 9.17) is 0 Å². The van der Waals surface area contributed by atoms with Crippen LogP contribution in [0.1, 0.15) is 0 Å². The summed E-state index contributed by atoms with van der Waals surface area (Å²) >= 11 is 0. The van der Waals surface area contributed by atoms with Gasteiger partial charge in [-0.25, -0.2) is 10.2 Å². The minimum Gasteiger partial charge on any atom is -0.241 e. The molecule has 1 heterocycles. The van der Waals surface area contributed by atoms with E-state index < -0.39 is 0 Å². The molecule has 0 bridgehead atoms. The molecule has 0 atom stereocenters. The molecule has 0 amide bonds. The van der Waals surface area contributed by atoms with Gasteiger partial charge in [-0.15, -0.1) is 4.48 Å². The summed E-state index contributed by atoms with van der Waals surface area (Å²) in [6.45, 7) is 0. The Morgan fingerprint density at radius 1 is 1.23 bits per heavy atom. The number of nitrogens with zero attached hydrogens (tertiary/aromatic N) is 2. The smallest absolute Gasteiger partial charge is 0.0657 e. The van der Waals surface area contributed by atoms with Gasteiger partial charge in [0.25, 0.3) is 0 Å². The van der Waals surface area contributed by atoms with E-state index in [2.05, 4.69) is 5.10 Å². The van der Waals surface area contributed by atoms with Crippen LogP contribution in [0.3, 0.4) is 0 Å². The molecule has 2 rings (SSSR count). The first-order valence-corrected chi connectivity index (χ1v) is 3.87. The van der Waals surface area contributed by atoms with E-state index in [-0.39, 0.29) is 0 Å². The highest BCUT2D eigenvalue weighted by Crippen LogP contribution is 2.11. The molecule has 13 heavy (non-hydrogen) atoms. The Balaban J connectivity index is 2.33. The fraction of sp³-hybridized carbons (Fsp3) is 0. The highest BCUT2D eigenvalue weighted by Gasteiger charge is 1.95. The zero-order chi connectivity index (χ0) is 9.10. The van der Waals surface area contributed by atoms with E-state index >= 15 is 0 Å². The van der Waals surface area contributed by atoms with Gasteiger partial charge >= 0.3 is 0 Å². The van der Waals surface area contributed by atoms with Gasteiger partial charge in [0.2, 0.25) is 0 Å². The molecule has 1 N–H and O–H groups in total. The molecule has 0 aliphatic carbocycles. The molecule has 0 unspecified atom stereocenters. The van der Waals surface area contributed by atoms with Crippen LogP contribution in [0.15, 0.2) is 42.7 Å². The normalized spacial score (nSPS) is 9.92. The van der Waals surface area contributed by atoms with Crippen LogP contribution in [0.25, 0.3) is 5.69 Å². The van der Waals surface area contributed by atoms with Crippen LogP contribution in [0, 0.1) is 0 Å². The third-order valence-electron chi connectivity index (χ3n) is 1.75. The number of rotatable bonds is 2. The second-order valence-corrected chi connectivity index (χ2v) is 2.59. The van der Waals surface area contributed by atoms with Gasteiger partial charge in [-0.05, 0) is 30.3 Å². The van der Waals surface area contributed by atoms with Crippen LogP contribution in [-0.4, -0.2) is 9.78 Å². The molecule has 0 saturated carbocycles. The molecule has 0 aliphatic heterocycles. The Labute approximate surface area is 74.7 Å². The molecule has 1 aromatic carbocycles. The number of hydrogen-bond donors (Lipinski definition) is 1. The van der Waals surface area contributed by atoms with Gasteiger partial charge in [0, 0.05) is 12.4 Å². The lowest BCUT2D eigenvalue weighted by Crippen LogP contribution is -1.93. The zero-order valence-electron chi connectivity index (χ0n) is 6.81. The van der Waals surface area contributed by atoms with E-state index in [0.717, 1.165) is 5.69 Å². The molecular weight excluding hydrogens is 169 g/mol. The second-order valence-electron chi connectivity index (χ2n) is 2.59. The van der Waals surface area contributed by atoms with E-state index in [9.17, 15) is 4.48 Å². The first-order chi connectivity index (χ1) is 6.40. The molecule has 2 aromatic rings. The summed E-state index contributed by atoms with van der Waals surface area (Å²) < 4.78 is 13.6. The maximum absolute atomic E-state index is 11.9. The molecule has 0 fully saturated rings. The summed E-state index contributed by atoms with van der Waals surface area (Å²) in [5.74, 6) is 0. The van der Waals surface area contributed by atoms with Gasteiger partial charge in [-0.2, -0.15) is 5.10 Å². The van der Waals surface area contributed by atoms with Crippen molar-refractivity contribution in [1.29, 1.82) is 0 Å². The summed E-state index contributed by atoms with van der Waals surface area (Å²) in [5.41, 5.74) is 2.92. The van der Waals surface area contributed by atoms with E-state index in [1.807, 2.05) is 12.3 Å². The van der Waals surface area contributed by atoms with Crippen molar-refractivity contribution in [1.82, 2.24) is 9.78 Å². The predicted molar refractivity (Wildman–Crippen MR) is 48.3 cm³/mol. The summed E-state index contributed by atoms with van der Waals surface area (Å²) in [5, 5.41) is 4.04. The Hall–Kier alpha value is -1.84. The number of nitrogens with one attached hydrogen (secondary N) is 1. The van der Waals surface area contributed by atoms with Crippen molar-refractivity contribution < 1.29 is 4.48 Å². The van der Waals surface area contributed by atoms with Gasteiger partial charge < -0.3 is 0 Å². The molecule has 3 nitrogen and oxygen atoms in total. The lowest BCUT2D eigenvalue weighted by atomic mass is 10.3. The number of hydrogen-bond acceptors (Lipinski definition) is 2. The molecule has 0 spiro atoms. The van der Waals surface area contributed by atoms with E-state index in [1.54, 1.807) is 40.7 Å². The minimum atomic E-state index is 0.441. The molecule has 0 saturated heterocycles. The van der Waals surface area contributed by atoms with Crippen LogP contribution >= 0.6 is 0 Å². The third-order valence-corrected chi connectivity index (χ3v) is 1.75. The minimum absolute atomic E-state index is 0.441. The molecule has 1 aromatic heterocycles. The number of anilines is 1. The van der Waals surface area contributed by atoms with Crippen LogP contribution in [-0.2, 0) is 0 Å². The highest BCUT2D eigenvalue weighted by atomic mass is 19.2. The van der Waals surface area contributed by atoms with Gasteiger partial charge in [-0.1, -0.05) is 0 Å². The summed E-state index contributed by atoms with van der Waals surface area (Å²) in [6.07, 6.45) is 3.53. The second kappa shape index (κ2) is 3.26. The summed E-state index contributed by atoms with van der Waals surface area (Å²) in [7, 11) is 0. The standard InChI is InChI=1S/C9H8FN3/c10-12-8-2-4-9(5-3-8)13-7-1-6-11-13/h1-7,12H. The lowest BCUT2D eigenvalue weighted by molar-refractivity contribution is 0.617. The van der Waals surface area contributed by atoms with Crippen molar-refractivity contribution in [3.63, 3.8) is 0 Å². The topological polar surface area (TPSA) is 29.9 Å². The average Bonchev–Trinajstić information content (AvgIpc) is 2.71. The molecular formula is C9H8FN3. The lowest BCUT2D eigenvalue weighted by Gasteiger charge is -2.01. The Kier molecular flexibility index (Phi) is 1.96. The molecule has 4 heteroatoms. The van der Waals surface area contributed by atoms with Crippen molar-refractivity contribution in [2.24, 2.45) is 0 Å². The molecule has 66 valence electrons. The van der Waals surface area contributed by atoms with Gasteiger partial charge in [0.05, 0.1) is 11.4 Å². The molecule has 0 aliphatic rings. The van der Waals surface area contributed by atoms with E-state index in [1.165, 1.54) is 0 Å². The fourth-order valence-corrected chi connectivity index (χ4v) is 1.10. The zero-order valence-corrected chi connectivity index (χ0v) is 6.81. The predicted octanol–water partition coefficient (Wildman–Crippen LogP) is 2.17. The van der Waals surface area contributed by atoms with Crippen molar-refractivity contribution in [2.75, 3.05) is 5.54 Å². The number of benzene rings is 1. The van der Waals surface area contributed by atoms with Crippen molar-refractivity contribution in [2.45, 2.75) is 0 Å². The van der Waals surface area contributed by atoms with Gasteiger partial charge in [0.15, 0.2) is 0 Å². The summed E-state index contributed by atoms with van der Waals surface area (Å²) in [6, 6.07) is 8.71. The first-order valence-electron chi connectivity index (χ1n) is 3.87. The van der Waals surface area contributed by atoms with Crippen LogP contribution < -0.4 is 5.54 Å².